The fourth-order valence-corrected chi connectivity index (χ4v) is 1.70. The van der Waals surface area contributed by atoms with E-state index in [0.29, 0.717) is 29.4 Å². The summed E-state index contributed by atoms with van der Waals surface area (Å²) in [5.74, 6) is -0.504. The fraction of sp³-hybridized carbons (Fsp3) is 0.385. The highest BCUT2D eigenvalue weighted by Crippen LogP contribution is 2.20. The zero-order chi connectivity index (χ0) is 15.0. The Morgan fingerprint density at radius 2 is 2.10 bits per heavy atom. The van der Waals surface area contributed by atoms with Crippen LogP contribution in [0.3, 0.4) is 0 Å². The number of hydrogen-bond acceptors (Lipinski definition) is 4. The molecule has 0 unspecified atom stereocenters. The van der Waals surface area contributed by atoms with Crippen LogP contribution in [0, 0.1) is 0 Å². The molecule has 2 amide bonds. The molecule has 1 aromatic carbocycles. The Kier molecular flexibility index (Phi) is 7.00. The number of methoxy groups -OCH3 is 1. The second-order valence-corrected chi connectivity index (χ2v) is 4.40. The van der Waals surface area contributed by atoms with Gasteiger partial charge < -0.3 is 20.7 Å². The lowest BCUT2D eigenvalue weighted by molar-refractivity contribution is -0.115. The minimum atomic E-state index is -0.302. The number of carbonyl (C=O) groups is 2. The van der Waals surface area contributed by atoms with Crippen molar-refractivity contribution in [3.8, 4) is 0 Å². The van der Waals surface area contributed by atoms with Crippen LogP contribution >= 0.6 is 11.6 Å². The Morgan fingerprint density at radius 1 is 1.35 bits per heavy atom. The zero-order valence-electron chi connectivity index (χ0n) is 11.5. The van der Waals surface area contributed by atoms with E-state index in [1.807, 2.05) is 0 Å². The van der Waals surface area contributed by atoms with E-state index in [9.17, 15) is 9.59 Å². The molecule has 0 saturated carbocycles. The second-order valence-electron chi connectivity index (χ2n) is 3.99. The first-order valence-electron chi connectivity index (χ1n) is 6.09. The summed E-state index contributed by atoms with van der Waals surface area (Å²) in [4.78, 5) is 23.2. The van der Waals surface area contributed by atoms with E-state index in [-0.39, 0.29) is 18.4 Å². The molecule has 0 spiro atoms. The minimum Gasteiger partial charge on any atom is -0.383 e. The Hall–Kier alpha value is -1.63. The largest absolute Gasteiger partial charge is 0.383 e. The number of benzene rings is 1. The van der Waals surface area contributed by atoms with Crippen molar-refractivity contribution in [1.29, 1.82) is 0 Å². The Bertz CT molecular complexity index is 480. The van der Waals surface area contributed by atoms with Crippen molar-refractivity contribution in [2.75, 3.05) is 39.2 Å². The van der Waals surface area contributed by atoms with Crippen molar-refractivity contribution in [1.82, 2.24) is 10.6 Å². The summed E-state index contributed by atoms with van der Waals surface area (Å²) in [6, 6.07) is 4.75. The zero-order valence-corrected chi connectivity index (χ0v) is 12.2. The van der Waals surface area contributed by atoms with Crippen molar-refractivity contribution in [2.45, 2.75) is 0 Å². The van der Waals surface area contributed by atoms with Crippen molar-refractivity contribution < 1.29 is 14.3 Å². The predicted molar refractivity (Wildman–Crippen MR) is 78.2 cm³/mol. The number of rotatable bonds is 7. The molecule has 0 fully saturated rings. The van der Waals surface area contributed by atoms with Gasteiger partial charge in [-0.3, -0.25) is 9.59 Å². The third-order valence-electron chi connectivity index (χ3n) is 2.49. The van der Waals surface area contributed by atoms with Gasteiger partial charge in [-0.05, 0) is 18.2 Å². The molecule has 6 nitrogen and oxygen atoms in total. The molecular formula is C13H18ClN3O3. The smallest absolute Gasteiger partial charge is 0.252 e. The summed E-state index contributed by atoms with van der Waals surface area (Å²) < 4.78 is 4.86. The third-order valence-corrected chi connectivity index (χ3v) is 2.82. The molecule has 0 aliphatic rings. The fourth-order valence-electron chi connectivity index (χ4n) is 1.49. The molecule has 3 N–H and O–H groups in total. The van der Waals surface area contributed by atoms with E-state index < -0.39 is 0 Å². The van der Waals surface area contributed by atoms with Crippen LogP contribution in [-0.4, -0.2) is 45.7 Å². The molecule has 20 heavy (non-hydrogen) atoms. The lowest BCUT2D eigenvalue weighted by Crippen LogP contribution is -2.30. The maximum atomic E-state index is 11.7. The lowest BCUT2D eigenvalue weighted by atomic mass is 10.2. The minimum absolute atomic E-state index is 0.168. The Labute approximate surface area is 122 Å². The third kappa shape index (κ3) is 5.16. The van der Waals surface area contributed by atoms with Crippen molar-refractivity contribution in [3.63, 3.8) is 0 Å². The van der Waals surface area contributed by atoms with Crippen molar-refractivity contribution in [3.05, 3.63) is 28.8 Å². The number of hydrogen-bond donors (Lipinski definition) is 3. The van der Waals surface area contributed by atoms with Crippen LogP contribution in [0.4, 0.5) is 5.69 Å². The van der Waals surface area contributed by atoms with Crippen LogP contribution in [0.15, 0.2) is 18.2 Å². The maximum Gasteiger partial charge on any atom is 0.252 e. The highest BCUT2D eigenvalue weighted by molar-refractivity contribution is 6.34. The monoisotopic (exact) mass is 299 g/mol. The average Bonchev–Trinajstić information content (AvgIpc) is 2.45. The van der Waals surface area contributed by atoms with Gasteiger partial charge in [0.1, 0.15) is 0 Å². The molecular weight excluding hydrogens is 282 g/mol. The van der Waals surface area contributed by atoms with Crippen LogP contribution in [-0.2, 0) is 9.53 Å². The predicted octanol–water partition coefficient (Wildman–Crippen LogP) is 0.874. The topological polar surface area (TPSA) is 79.5 Å². The maximum absolute atomic E-state index is 11.7. The van der Waals surface area contributed by atoms with E-state index >= 15 is 0 Å². The number of anilines is 1. The Morgan fingerprint density at radius 3 is 2.75 bits per heavy atom. The summed E-state index contributed by atoms with van der Waals surface area (Å²) in [5.41, 5.74) is 0.839. The van der Waals surface area contributed by atoms with Gasteiger partial charge in [0.15, 0.2) is 0 Å². The highest BCUT2D eigenvalue weighted by Gasteiger charge is 2.10. The summed E-state index contributed by atoms with van der Waals surface area (Å²) in [5, 5.41) is 8.43. The van der Waals surface area contributed by atoms with Gasteiger partial charge in [0.25, 0.3) is 5.91 Å². The normalized spacial score (nSPS) is 10.2. The molecule has 1 rings (SSSR count). The molecule has 0 saturated heterocycles. The number of halogens is 1. The quantitative estimate of drug-likeness (QED) is 0.653. The van der Waals surface area contributed by atoms with Gasteiger partial charge in [-0.25, -0.2) is 0 Å². The van der Waals surface area contributed by atoms with Gasteiger partial charge in [-0.15, -0.1) is 0 Å². The molecule has 0 atom stereocenters. The highest BCUT2D eigenvalue weighted by atomic mass is 35.5. The first kappa shape index (κ1) is 16.4. The van der Waals surface area contributed by atoms with Crippen LogP contribution in [0.5, 0.6) is 0 Å². The van der Waals surface area contributed by atoms with E-state index in [0.717, 1.165) is 0 Å². The number of ether oxygens (including phenoxy) is 1. The van der Waals surface area contributed by atoms with E-state index in [4.69, 9.17) is 16.3 Å². The first-order chi connectivity index (χ1) is 9.58. The summed E-state index contributed by atoms with van der Waals surface area (Å²) in [6.45, 7) is 1.30. The summed E-state index contributed by atoms with van der Waals surface area (Å²) >= 11 is 5.92. The van der Waals surface area contributed by atoms with Crippen molar-refractivity contribution in [2.24, 2.45) is 0 Å². The Balaban J connectivity index is 2.59. The van der Waals surface area contributed by atoms with E-state index in [1.54, 1.807) is 19.2 Å². The molecule has 0 heterocycles. The van der Waals surface area contributed by atoms with Gasteiger partial charge in [-0.1, -0.05) is 11.6 Å². The van der Waals surface area contributed by atoms with Gasteiger partial charge in [0.2, 0.25) is 5.91 Å². The van der Waals surface area contributed by atoms with Crippen LogP contribution in [0.25, 0.3) is 0 Å². The number of nitrogens with one attached hydrogen (secondary N) is 3. The molecule has 0 aromatic heterocycles. The molecule has 1 aromatic rings. The van der Waals surface area contributed by atoms with E-state index in [1.165, 1.54) is 13.1 Å². The van der Waals surface area contributed by atoms with Crippen molar-refractivity contribution >= 4 is 29.1 Å². The van der Waals surface area contributed by atoms with E-state index in [2.05, 4.69) is 16.0 Å². The standard InChI is InChI=1S/C13H18ClN3O3/c1-15-13(19)10-7-9(3-4-11(10)14)17-12(18)8-16-5-6-20-2/h3-4,7,16H,5-6,8H2,1-2H3,(H,15,19)(H,17,18). The lowest BCUT2D eigenvalue weighted by Gasteiger charge is -2.09. The van der Waals surface area contributed by atoms with Gasteiger partial charge in [0, 0.05) is 26.4 Å². The second kappa shape index (κ2) is 8.52. The first-order valence-corrected chi connectivity index (χ1v) is 6.47. The SMILES string of the molecule is CNC(=O)c1cc(NC(=O)CNCCOC)ccc1Cl. The molecule has 0 aliphatic carbocycles. The molecule has 0 aliphatic heterocycles. The van der Waals surface area contributed by atoms with Gasteiger partial charge in [-0.2, -0.15) is 0 Å². The molecule has 110 valence electrons. The number of carbonyl (C=O) groups excluding carboxylic acids is 2. The van der Waals surface area contributed by atoms with Crippen LogP contribution in [0.2, 0.25) is 5.02 Å². The summed E-state index contributed by atoms with van der Waals surface area (Å²) in [7, 11) is 3.11. The van der Waals surface area contributed by atoms with Gasteiger partial charge >= 0.3 is 0 Å². The summed E-state index contributed by atoms with van der Waals surface area (Å²) in [6.07, 6.45) is 0. The van der Waals surface area contributed by atoms with Crippen LogP contribution in [0.1, 0.15) is 10.4 Å². The molecule has 0 bridgehead atoms. The molecule has 7 heteroatoms. The van der Waals surface area contributed by atoms with Crippen LogP contribution < -0.4 is 16.0 Å². The molecule has 0 radical (unpaired) electrons. The average molecular weight is 300 g/mol. The number of amides is 2. The van der Waals surface area contributed by atoms with Gasteiger partial charge in [0.05, 0.1) is 23.7 Å².